The van der Waals surface area contributed by atoms with Crippen molar-refractivity contribution in [1.29, 1.82) is 5.26 Å². The number of hydrogen-bond donors (Lipinski definition) is 2. The van der Waals surface area contributed by atoms with Gasteiger partial charge in [-0.15, -0.1) is 0 Å². The Kier molecular flexibility index (Phi) is 2.21. The van der Waals surface area contributed by atoms with Crippen molar-refractivity contribution in [3.05, 3.63) is 30.1 Å². The lowest BCUT2D eigenvalue weighted by Gasteiger charge is -2.10. The summed E-state index contributed by atoms with van der Waals surface area (Å²) in [4.78, 5) is 4.21. The van der Waals surface area contributed by atoms with Crippen LogP contribution >= 0.6 is 0 Å². The van der Waals surface area contributed by atoms with Crippen LogP contribution in [0, 0.1) is 17.2 Å². The molecule has 2 rings (SSSR count). The molecule has 66 valence electrons. The van der Waals surface area contributed by atoms with Crippen LogP contribution in [0.25, 0.3) is 0 Å². The van der Waals surface area contributed by atoms with Crippen LogP contribution < -0.4 is 10.9 Å². The Morgan fingerprint density at radius 3 is 3.15 bits per heavy atom. The van der Waals surface area contributed by atoms with Crippen molar-refractivity contribution in [3.8, 4) is 6.07 Å². The lowest BCUT2D eigenvalue weighted by molar-refractivity contribution is 0.531. The molecule has 2 N–H and O–H groups in total. The molecular formula is C9H10N4. The van der Waals surface area contributed by atoms with Crippen LogP contribution in [-0.2, 0) is 0 Å². The first-order chi connectivity index (χ1) is 6.42. The van der Waals surface area contributed by atoms with E-state index in [9.17, 15) is 0 Å². The van der Waals surface area contributed by atoms with E-state index >= 15 is 0 Å². The molecule has 1 aromatic rings. The number of nitrogens with zero attached hydrogens (tertiary/aromatic N) is 2. The quantitative estimate of drug-likeness (QED) is 0.645. The molecule has 0 aliphatic carbocycles. The molecule has 1 saturated heterocycles. The van der Waals surface area contributed by atoms with E-state index in [0.717, 1.165) is 5.69 Å². The van der Waals surface area contributed by atoms with E-state index in [-0.39, 0.29) is 12.0 Å². The van der Waals surface area contributed by atoms with Gasteiger partial charge in [-0.2, -0.15) is 5.26 Å². The maximum Gasteiger partial charge on any atom is 0.0824 e. The lowest BCUT2D eigenvalue weighted by atomic mass is 10.0. The van der Waals surface area contributed by atoms with Gasteiger partial charge in [0, 0.05) is 12.7 Å². The van der Waals surface area contributed by atoms with E-state index in [1.807, 2.05) is 18.2 Å². The number of nitriles is 1. The number of rotatable bonds is 1. The first-order valence-electron chi connectivity index (χ1n) is 4.21. The van der Waals surface area contributed by atoms with Crippen molar-refractivity contribution in [2.75, 3.05) is 6.54 Å². The predicted molar refractivity (Wildman–Crippen MR) is 47.2 cm³/mol. The SMILES string of the molecule is N#CC1CNNC1c1ccccn1. The molecule has 1 aliphatic rings. The van der Waals surface area contributed by atoms with Gasteiger partial charge in [0.2, 0.25) is 0 Å². The smallest absolute Gasteiger partial charge is 0.0824 e. The zero-order chi connectivity index (χ0) is 9.10. The van der Waals surface area contributed by atoms with E-state index in [2.05, 4.69) is 21.9 Å². The molecule has 1 aliphatic heterocycles. The van der Waals surface area contributed by atoms with Crippen molar-refractivity contribution in [3.63, 3.8) is 0 Å². The van der Waals surface area contributed by atoms with E-state index < -0.39 is 0 Å². The Bertz CT molecular complexity index is 316. The Morgan fingerprint density at radius 2 is 2.46 bits per heavy atom. The predicted octanol–water partition coefficient (Wildman–Crippen LogP) is 0.370. The largest absolute Gasteiger partial charge is 0.260 e. The third-order valence-electron chi connectivity index (χ3n) is 2.15. The van der Waals surface area contributed by atoms with Crippen molar-refractivity contribution in [2.45, 2.75) is 6.04 Å². The van der Waals surface area contributed by atoms with Crippen molar-refractivity contribution in [1.82, 2.24) is 15.8 Å². The highest BCUT2D eigenvalue weighted by molar-refractivity contribution is 5.14. The first-order valence-corrected chi connectivity index (χ1v) is 4.21. The van der Waals surface area contributed by atoms with Crippen LogP contribution in [0.4, 0.5) is 0 Å². The number of pyridine rings is 1. The van der Waals surface area contributed by atoms with Gasteiger partial charge in [-0.3, -0.25) is 10.4 Å². The molecule has 4 nitrogen and oxygen atoms in total. The standard InChI is InChI=1S/C9H10N4/c10-5-7-6-12-13-9(7)8-3-1-2-4-11-8/h1-4,7,9,12-13H,6H2. The van der Waals surface area contributed by atoms with E-state index in [1.54, 1.807) is 6.20 Å². The molecule has 0 saturated carbocycles. The summed E-state index contributed by atoms with van der Waals surface area (Å²) in [5.74, 6) is -0.0325. The highest BCUT2D eigenvalue weighted by Crippen LogP contribution is 2.21. The summed E-state index contributed by atoms with van der Waals surface area (Å²) in [6.07, 6.45) is 1.74. The molecule has 2 unspecified atom stereocenters. The maximum absolute atomic E-state index is 8.84. The minimum absolute atomic E-state index is 0.0196. The molecule has 4 heteroatoms. The Hall–Kier alpha value is -1.44. The van der Waals surface area contributed by atoms with Gasteiger partial charge in [0.05, 0.1) is 23.7 Å². The molecule has 0 spiro atoms. The van der Waals surface area contributed by atoms with Gasteiger partial charge in [0.1, 0.15) is 0 Å². The average Bonchev–Trinajstić information content (AvgIpc) is 2.67. The first kappa shape index (κ1) is 8.17. The van der Waals surface area contributed by atoms with Crippen molar-refractivity contribution < 1.29 is 0 Å². The molecule has 2 atom stereocenters. The summed E-state index contributed by atoms with van der Waals surface area (Å²) in [7, 11) is 0. The minimum atomic E-state index is -0.0325. The normalized spacial score (nSPS) is 27.0. The van der Waals surface area contributed by atoms with Crippen LogP contribution in [0.2, 0.25) is 0 Å². The summed E-state index contributed by atoms with van der Waals surface area (Å²) < 4.78 is 0. The number of hydrazine groups is 1. The topological polar surface area (TPSA) is 60.7 Å². The van der Waals surface area contributed by atoms with Gasteiger partial charge >= 0.3 is 0 Å². The minimum Gasteiger partial charge on any atom is -0.260 e. The third kappa shape index (κ3) is 1.52. The average molecular weight is 174 g/mol. The second-order valence-corrected chi connectivity index (χ2v) is 2.99. The second kappa shape index (κ2) is 3.52. The molecule has 0 amide bonds. The van der Waals surface area contributed by atoms with Gasteiger partial charge in [-0.1, -0.05) is 6.07 Å². The molecule has 0 radical (unpaired) electrons. The highest BCUT2D eigenvalue weighted by atomic mass is 15.4. The summed E-state index contributed by atoms with van der Waals surface area (Å²) in [6, 6.07) is 7.99. The van der Waals surface area contributed by atoms with Crippen molar-refractivity contribution in [2.24, 2.45) is 5.92 Å². The summed E-state index contributed by atoms with van der Waals surface area (Å²) in [5.41, 5.74) is 6.91. The van der Waals surface area contributed by atoms with Gasteiger partial charge in [0.15, 0.2) is 0 Å². The fourth-order valence-corrected chi connectivity index (χ4v) is 1.46. The lowest BCUT2D eigenvalue weighted by Crippen LogP contribution is -2.25. The molecule has 1 aromatic heterocycles. The molecule has 13 heavy (non-hydrogen) atoms. The van der Waals surface area contributed by atoms with Gasteiger partial charge in [0.25, 0.3) is 0 Å². The number of nitrogens with one attached hydrogen (secondary N) is 2. The molecule has 1 fully saturated rings. The summed E-state index contributed by atoms with van der Waals surface area (Å²) in [5, 5.41) is 8.84. The van der Waals surface area contributed by atoms with Crippen LogP contribution in [0.3, 0.4) is 0 Å². The summed E-state index contributed by atoms with van der Waals surface area (Å²) in [6.45, 7) is 0.678. The Balaban J connectivity index is 2.22. The van der Waals surface area contributed by atoms with Gasteiger partial charge in [-0.05, 0) is 12.1 Å². The number of aromatic nitrogens is 1. The van der Waals surface area contributed by atoms with E-state index in [4.69, 9.17) is 5.26 Å². The monoisotopic (exact) mass is 174 g/mol. The molecule has 0 aromatic carbocycles. The second-order valence-electron chi connectivity index (χ2n) is 2.99. The van der Waals surface area contributed by atoms with Crippen LogP contribution in [-0.4, -0.2) is 11.5 Å². The zero-order valence-corrected chi connectivity index (χ0v) is 7.07. The fourth-order valence-electron chi connectivity index (χ4n) is 1.46. The molecule has 0 bridgehead atoms. The molecule has 2 heterocycles. The maximum atomic E-state index is 8.84. The van der Waals surface area contributed by atoms with Crippen LogP contribution in [0.1, 0.15) is 11.7 Å². The Labute approximate surface area is 76.6 Å². The fraction of sp³-hybridized carbons (Fsp3) is 0.333. The highest BCUT2D eigenvalue weighted by Gasteiger charge is 2.28. The van der Waals surface area contributed by atoms with Crippen LogP contribution in [0.15, 0.2) is 24.4 Å². The van der Waals surface area contributed by atoms with Gasteiger partial charge in [-0.25, -0.2) is 5.43 Å². The number of hydrogen-bond acceptors (Lipinski definition) is 4. The van der Waals surface area contributed by atoms with Crippen LogP contribution in [0.5, 0.6) is 0 Å². The summed E-state index contributed by atoms with van der Waals surface area (Å²) >= 11 is 0. The van der Waals surface area contributed by atoms with Crippen molar-refractivity contribution >= 4 is 0 Å². The van der Waals surface area contributed by atoms with E-state index in [1.165, 1.54) is 0 Å². The Morgan fingerprint density at radius 1 is 1.54 bits per heavy atom. The zero-order valence-electron chi connectivity index (χ0n) is 7.07. The van der Waals surface area contributed by atoms with Gasteiger partial charge < -0.3 is 0 Å². The molecular weight excluding hydrogens is 164 g/mol. The van der Waals surface area contributed by atoms with E-state index in [0.29, 0.717) is 6.54 Å². The third-order valence-corrected chi connectivity index (χ3v) is 2.15.